The summed E-state index contributed by atoms with van der Waals surface area (Å²) in [7, 11) is 0. The van der Waals surface area contributed by atoms with Gasteiger partial charge in [-0.3, -0.25) is 9.59 Å². The topological polar surface area (TPSA) is 61.4 Å². The molecule has 0 saturated carbocycles. The minimum absolute atomic E-state index is 0.0562. The second-order valence-corrected chi connectivity index (χ2v) is 8.43. The molecule has 3 aromatic rings. The maximum atomic E-state index is 12.4. The van der Waals surface area contributed by atoms with Crippen LogP contribution in [0.2, 0.25) is 0 Å². The third-order valence-corrected chi connectivity index (χ3v) is 5.93. The van der Waals surface area contributed by atoms with E-state index in [1.807, 2.05) is 59.5 Å². The van der Waals surface area contributed by atoms with Gasteiger partial charge in [0.1, 0.15) is 0 Å². The number of benzene rings is 3. The van der Waals surface area contributed by atoms with Gasteiger partial charge in [-0.1, -0.05) is 48.5 Å². The first kappa shape index (κ1) is 21.8. The number of carbonyl (C=O) groups is 2. The molecular weight excluding hydrogens is 398 g/mol. The Morgan fingerprint density at radius 3 is 2.41 bits per heavy atom. The first-order valence-electron chi connectivity index (χ1n) is 11.0. The van der Waals surface area contributed by atoms with E-state index in [4.69, 9.17) is 0 Å². The van der Waals surface area contributed by atoms with Crippen molar-refractivity contribution in [2.24, 2.45) is 0 Å². The quantitative estimate of drug-likeness (QED) is 0.582. The molecule has 0 spiro atoms. The smallest absolute Gasteiger partial charge is 0.224 e. The molecule has 2 N–H and O–H groups in total. The van der Waals surface area contributed by atoms with Crippen molar-refractivity contribution in [2.45, 2.75) is 45.8 Å². The molecule has 0 bridgehead atoms. The standard InChI is InChI=1S/C27H29N3O2/c1-18-14-26(28-17-21-8-5-4-6-9-21)25-16-23(12-13-27(25)30(18)20(3)32)22-10-7-11-24(15-22)29-19(2)31/h4-13,15-16,18,26,28H,14,17H2,1-3H3,(H,29,31)/t18-,26+/m0/s1. The van der Waals surface area contributed by atoms with Crippen molar-refractivity contribution in [2.75, 3.05) is 10.2 Å². The third kappa shape index (κ3) is 4.73. The fourth-order valence-electron chi connectivity index (χ4n) is 4.53. The van der Waals surface area contributed by atoms with E-state index in [0.717, 1.165) is 41.0 Å². The van der Waals surface area contributed by atoms with Crippen molar-refractivity contribution in [1.29, 1.82) is 0 Å². The highest BCUT2D eigenvalue weighted by molar-refractivity contribution is 5.94. The Morgan fingerprint density at radius 1 is 0.938 bits per heavy atom. The average molecular weight is 428 g/mol. The molecule has 3 aromatic carbocycles. The summed E-state index contributed by atoms with van der Waals surface area (Å²) in [4.78, 5) is 25.8. The molecule has 164 valence electrons. The van der Waals surface area contributed by atoms with Gasteiger partial charge in [-0.25, -0.2) is 0 Å². The molecule has 0 saturated heterocycles. The summed E-state index contributed by atoms with van der Waals surface area (Å²) in [5.74, 6) is -0.0375. The van der Waals surface area contributed by atoms with Gasteiger partial charge in [0.2, 0.25) is 11.8 Å². The number of rotatable bonds is 5. The number of fused-ring (bicyclic) bond motifs is 1. The van der Waals surface area contributed by atoms with E-state index in [0.29, 0.717) is 0 Å². The van der Waals surface area contributed by atoms with Crippen molar-refractivity contribution < 1.29 is 9.59 Å². The molecular formula is C27H29N3O2. The van der Waals surface area contributed by atoms with E-state index in [1.165, 1.54) is 12.5 Å². The van der Waals surface area contributed by atoms with Gasteiger partial charge in [0, 0.05) is 43.9 Å². The Bertz CT molecular complexity index is 1130. The molecule has 4 rings (SSSR count). The van der Waals surface area contributed by atoms with Crippen LogP contribution < -0.4 is 15.5 Å². The SMILES string of the molecule is CC(=O)Nc1cccc(-c2ccc3c(c2)[C@H](NCc2ccccc2)C[C@H](C)N3C(C)=O)c1. The minimum Gasteiger partial charge on any atom is -0.326 e. The van der Waals surface area contributed by atoms with E-state index in [1.54, 1.807) is 6.92 Å². The van der Waals surface area contributed by atoms with Crippen molar-refractivity contribution in [3.05, 3.63) is 83.9 Å². The molecule has 0 aromatic heterocycles. The van der Waals surface area contributed by atoms with Crippen molar-refractivity contribution in [1.82, 2.24) is 5.32 Å². The Kier molecular flexibility index (Phi) is 6.37. The highest BCUT2D eigenvalue weighted by Gasteiger charge is 2.32. The summed E-state index contributed by atoms with van der Waals surface area (Å²) in [6, 6.07) is 24.7. The van der Waals surface area contributed by atoms with E-state index < -0.39 is 0 Å². The number of hydrogen-bond acceptors (Lipinski definition) is 3. The van der Waals surface area contributed by atoms with E-state index in [-0.39, 0.29) is 23.9 Å². The number of carbonyl (C=O) groups excluding carboxylic acids is 2. The lowest BCUT2D eigenvalue weighted by atomic mass is 9.89. The maximum Gasteiger partial charge on any atom is 0.224 e. The van der Waals surface area contributed by atoms with Crippen LogP contribution in [-0.4, -0.2) is 17.9 Å². The second kappa shape index (κ2) is 9.37. The number of nitrogens with one attached hydrogen (secondary N) is 2. The number of anilines is 2. The van der Waals surface area contributed by atoms with Crippen LogP contribution in [0.3, 0.4) is 0 Å². The van der Waals surface area contributed by atoms with Crippen LogP contribution in [0.5, 0.6) is 0 Å². The lowest BCUT2D eigenvalue weighted by Crippen LogP contribution is -2.44. The summed E-state index contributed by atoms with van der Waals surface area (Å²) >= 11 is 0. The van der Waals surface area contributed by atoms with Crippen LogP contribution in [-0.2, 0) is 16.1 Å². The minimum atomic E-state index is -0.0937. The summed E-state index contributed by atoms with van der Waals surface area (Å²) in [5.41, 5.74) is 6.16. The highest BCUT2D eigenvalue weighted by Crippen LogP contribution is 2.40. The van der Waals surface area contributed by atoms with E-state index >= 15 is 0 Å². The average Bonchev–Trinajstić information content (AvgIpc) is 2.77. The molecule has 0 radical (unpaired) electrons. The van der Waals surface area contributed by atoms with Gasteiger partial charge in [0.05, 0.1) is 0 Å². The zero-order valence-electron chi connectivity index (χ0n) is 18.8. The number of amides is 2. The van der Waals surface area contributed by atoms with Crippen LogP contribution in [0, 0.1) is 0 Å². The Balaban J connectivity index is 1.70. The first-order valence-corrected chi connectivity index (χ1v) is 11.0. The van der Waals surface area contributed by atoms with Gasteiger partial charge in [-0.2, -0.15) is 0 Å². The molecule has 2 amide bonds. The van der Waals surface area contributed by atoms with Gasteiger partial charge in [0.15, 0.2) is 0 Å². The number of nitrogens with zero attached hydrogens (tertiary/aromatic N) is 1. The van der Waals surface area contributed by atoms with Gasteiger partial charge < -0.3 is 15.5 Å². The lowest BCUT2D eigenvalue weighted by Gasteiger charge is -2.39. The summed E-state index contributed by atoms with van der Waals surface area (Å²) in [6.45, 7) is 6.00. The van der Waals surface area contributed by atoms with E-state index in [9.17, 15) is 9.59 Å². The van der Waals surface area contributed by atoms with Gasteiger partial charge in [-0.15, -0.1) is 0 Å². The molecule has 0 unspecified atom stereocenters. The zero-order valence-corrected chi connectivity index (χ0v) is 18.8. The van der Waals surface area contributed by atoms with Crippen LogP contribution in [0.4, 0.5) is 11.4 Å². The molecule has 1 heterocycles. The molecule has 0 aliphatic carbocycles. The fourth-order valence-corrected chi connectivity index (χ4v) is 4.53. The van der Waals surface area contributed by atoms with Crippen molar-refractivity contribution in [3.8, 4) is 11.1 Å². The normalized spacial score (nSPS) is 17.5. The summed E-state index contributed by atoms with van der Waals surface area (Å²) < 4.78 is 0. The summed E-state index contributed by atoms with van der Waals surface area (Å²) in [5, 5.41) is 6.55. The van der Waals surface area contributed by atoms with Gasteiger partial charge in [-0.05, 0) is 59.9 Å². The predicted molar refractivity (Wildman–Crippen MR) is 129 cm³/mol. The third-order valence-electron chi connectivity index (χ3n) is 5.93. The molecule has 2 atom stereocenters. The van der Waals surface area contributed by atoms with Crippen molar-refractivity contribution >= 4 is 23.2 Å². The van der Waals surface area contributed by atoms with Crippen LogP contribution in [0.15, 0.2) is 72.8 Å². The Hall–Kier alpha value is -3.44. The molecule has 1 aliphatic rings. The zero-order chi connectivity index (χ0) is 22.7. The predicted octanol–water partition coefficient (Wildman–Crippen LogP) is 5.29. The Morgan fingerprint density at radius 2 is 1.69 bits per heavy atom. The largest absolute Gasteiger partial charge is 0.326 e. The summed E-state index contributed by atoms with van der Waals surface area (Å²) in [6.07, 6.45) is 0.842. The maximum absolute atomic E-state index is 12.4. The monoisotopic (exact) mass is 427 g/mol. The van der Waals surface area contributed by atoms with Crippen LogP contribution >= 0.6 is 0 Å². The molecule has 5 heteroatoms. The molecule has 32 heavy (non-hydrogen) atoms. The number of hydrogen-bond donors (Lipinski definition) is 2. The molecule has 1 aliphatic heterocycles. The van der Waals surface area contributed by atoms with Crippen LogP contribution in [0.1, 0.15) is 44.4 Å². The lowest BCUT2D eigenvalue weighted by molar-refractivity contribution is -0.117. The van der Waals surface area contributed by atoms with Gasteiger partial charge in [0.25, 0.3) is 0 Å². The second-order valence-electron chi connectivity index (χ2n) is 8.43. The van der Waals surface area contributed by atoms with E-state index in [2.05, 4.69) is 35.8 Å². The Labute approximate surface area is 189 Å². The highest BCUT2D eigenvalue weighted by atomic mass is 16.2. The first-order chi connectivity index (χ1) is 15.4. The fraction of sp³-hybridized carbons (Fsp3) is 0.259. The molecule has 5 nitrogen and oxygen atoms in total. The van der Waals surface area contributed by atoms with Crippen LogP contribution in [0.25, 0.3) is 11.1 Å². The van der Waals surface area contributed by atoms with Crippen molar-refractivity contribution in [3.63, 3.8) is 0 Å². The van der Waals surface area contributed by atoms with Gasteiger partial charge >= 0.3 is 0 Å². The molecule has 0 fully saturated rings.